The highest BCUT2D eigenvalue weighted by atomic mass is 32.1. The molecule has 0 aliphatic rings. The first-order valence-corrected chi connectivity index (χ1v) is 7.06. The van der Waals surface area contributed by atoms with Gasteiger partial charge in [0.1, 0.15) is 10.6 Å². The average Bonchev–Trinajstić information content (AvgIpc) is 2.87. The maximum atomic E-state index is 12.5. The summed E-state index contributed by atoms with van der Waals surface area (Å²) in [7, 11) is 0. The largest absolute Gasteiger partial charge is 0.298 e. The van der Waals surface area contributed by atoms with Gasteiger partial charge in [0.2, 0.25) is 0 Å². The Balaban J connectivity index is 2.25. The molecule has 5 heteroatoms. The molecule has 0 N–H and O–H groups in total. The van der Waals surface area contributed by atoms with E-state index in [1.807, 2.05) is 35.7 Å². The first-order valence-electron chi connectivity index (χ1n) is 6.18. The summed E-state index contributed by atoms with van der Waals surface area (Å²) >= 11 is 1.44. The standard InChI is InChI=1S/C15H12N2O2S/c1-10(18)7-17-9-16-14-13(15(17)19)12(8-20-14)11-5-3-2-4-6-11/h2-6,8-9H,7H2,1H3. The summed E-state index contributed by atoms with van der Waals surface area (Å²) < 4.78 is 1.36. The van der Waals surface area contributed by atoms with Crippen LogP contribution in [0.5, 0.6) is 0 Å². The van der Waals surface area contributed by atoms with Gasteiger partial charge in [0.15, 0.2) is 0 Å². The molecule has 4 nitrogen and oxygen atoms in total. The van der Waals surface area contributed by atoms with E-state index in [1.165, 1.54) is 29.2 Å². The molecular weight excluding hydrogens is 272 g/mol. The molecule has 0 spiro atoms. The van der Waals surface area contributed by atoms with Crippen LogP contribution in [0.15, 0.2) is 46.8 Å². The molecule has 0 bridgehead atoms. The van der Waals surface area contributed by atoms with Gasteiger partial charge < -0.3 is 0 Å². The van der Waals surface area contributed by atoms with E-state index in [2.05, 4.69) is 4.98 Å². The summed E-state index contributed by atoms with van der Waals surface area (Å²) in [4.78, 5) is 28.7. The smallest absolute Gasteiger partial charge is 0.263 e. The van der Waals surface area contributed by atoms with Gasteiger partial charge in [-0.15, -0.1) is 11.3 Å². The molecule has 3 rings (SSSR count). The van der Waals surface area contributed by atoms with Crippen LogP contribution in [0, 0.1) is 0 Å². The molecule has 0 unspecified atom stereocenters. The molecule has 100 valence electrons. The molecule has 2 aromatic heterocycles. The molecule has 2 heterocycles. The van der Waals surface area contributed by atoms with Crippen LogP contribution >= 0.6 is 11.3 Å². The first kappa shape index (κ1) is 12.7. The Hall–Kier alpha value is -2.27. The fraction of sp³-hybridized carbons (Fsp3) is 0.133. The van der Waals surface area contributed by atoms with Crippen molar-refractivity contribution in [2.45, 2.75) is 13.5 Å². The number of Topliss-reactive ketones (excluding diaryl/α,β-unsaturated/α-hetero) is 1. The van der Waals surface area contributed by atoms with Crippen molar-refractivity contribution in [2.24, 2.45) is 0 Å². The molecule has 3 aromatic rings. The summed E-state index contributed by atoms with van der Waals surface area (Å²) in [6.45, 7) is 1.52. The molecule has 0 atom stereocenters. The van der Waals surface area contributed by atoms with Gasteiger partial charge in [-0.2, -0.15) is 0 Å². The molecule has 0 fully saturated rings. The van der Waals surface area contributed by atoms with E-state index < -0.39 is 0 Å². The van der Waals surface area contributed by atoms with Gasteiger partial charge in [-0.3, -0.25) is 14.2 Å². The number of carbonyl (C=O) groups is 1. The van der Waals surface area contributed by atoms with Crippen molar-refractivity contribution in [3.05, 3.63) is 52.4 Å². The van der Waals surface area contributed by atoms with Crippen molar-refractivity contribution in [2.75, 3.05) is 0 Å². The van der Waals surface area contributed by atoms with Crippen molar-refractivity contribution >= 4 is 27.3 Å². The summed E-state index contributed by atoms with van der Waals surface area (Å²) in [6.07, 6.45) is 1.44. The number of hydrogen-bond donors (Lipinski definition) is 0. The van der Waals surface area contributed by atoms with Gasteiger partial charge >= 0.3 is 0 Å². The Labute approximate surface area is 119 Å². The lowest BCUT2D eigenvalue weighted by Crippen LogP contribution is -2.23. The van der Waals surface area contributed by atoms with Crippen LogP contribution in [-0.2, 0) is 11.3 Å². The minimum absolute atomic E-state index is 0.0614. The van der Waals surface area contributed by atoms with E-state index in [0.717, 1.165) is 11.1 Å². The van der Waals surface area contributed by atoms with E-state index in [-0.39, 0.29) is 17.9 Å². The lowest BCUT2D eigenvalue weighted by atomic mass is 10.1. The van der Waals surface area contributed by atoms with Gasteiger partial charge in [0.25, 0.3) is 5.56 Å². The Morgan fingerprint density at radius 3 is 2.75 bits per heavy atom. The van der Waals surface area contributed by atoms with E-state index in [9.17, 15) is 9.59 Å². The van der Waals surface area contributed by atoms with Gasteiger partial charge in [0.05, 0.1) is 18.3 Å². The fourth-order valence-corrected chi connectivity index (χ4v) is 3.06. The number of nitrogens with zero attached hydrogens (tertiary/aromatic N) is 2. The van der Waals surface area contributed by atoms with Crippen LogP contribution in [-0.4, -0.2) is 15.3 Å². The van der Waals surface area contributed by atoms with Gasteiger partial charge in [0, 0.05) is 10.9 Å². The number of thiophene rings is 1. The second kappa shape index (κ2) is 5.02. The highest BCUT2D eigenvalue weighted by Crippen LogP contribution is 2.30. The fourth-order valence-electron chi connectivity index (χ4n) is 2.15. The van der Waals surface area contributed by atoms with Crippen LogP contribution < -0.4 is 5.56 Å². The average molecular weight is 284 g/mol. The number of benzene rings is 1. The zero-order valence-corrected chi connectivity index (χ0v) is 11.7. The van der Waals surface area contributed by atoms with Gasteiger partial charge in [-0.25, -0.2) is 4.98 Å². The molecule has 1 aromatic carbocycles. The summed E-state index contributed by atoms with van der Waals surface area (Å²) in [6, 6.07) is 9.73. The Morgan fingerprint density at radius 1 is 1.30 bits per heavy atom. The van der Waals surface area contributed by atoms with E-state index in [4.69, 9.17) is 0 Å². The number of rotatable bonds is 3. The lowest BCUT2D eigenvalue weighted by Gasteiger charge is -2.03. The highest BCUT2D eigenvalue weighted by molar-refractivity contribution is 7.17. The molecule has 0 amide bonds. The third-order valence-electron chi connectivity index (χ3n) is 3.04. The first-order chi connectivity index (χ1) is 9.66. The van der Waals surface area contributed by atoms with Gasteiger partial charge in [-0.05, 0) is 12.5 Å². The summed E-state index contributed by atoms with van der Waals surface area (Å²) in [5, 5.41) is 2.52. The molecule has 0 saturated carbocycles. The molecule has 0 aliphatic carbocycles. The highest BCUT2D eigenvalue weighted by Gasteiger charge is 2.13. The van der Waals surface area contributed by atoms with Crippen LogP contribution in [0.25, 0.3) is 21.3 Å². The Kier molecular flexibility index (Phi) is 3.20. The predicted octanol–water partition coefficient (Wildman–Crippen LogP) is 2.71. The van der Waals surface area contributed by atoms with Crippen molar-refractivity contribution in [3.8, 4) is 11.1 Å². The quantitative estimate of drug-likeness (QED) is 0.743. The molecular formula is C15H12N2O2S. The maximum absolute atomic E-state index is 12.5. The number of ketones is 1. The van der Waals surface area contributed by atoms with E-state index in [1.54, 1.807) is 0 Å². The SMILES string of the molecule is CC(=O)Cn1cnc2scc(-c3ccccc3)c2c1=O. The third-order valence-corrected chi connectivity index (χ3v) is 3.92. The zero-order valence-electron chi connectivity index (χ0n) is 10.9. The number of aromatic nitrogens is 2. The van der Waals surface area contributed by atoms with E-state index >= 15 is 0 Å². The zero-order chi connectivity index (χ0) is 14.1. The van der Waals surface area contributed by atoms with Crippen molar-refractivity contribution < 1.29 is 4.79 Å². The third kappa shape index (κ3) is 2.16. The minimum atomic E-state index is -0.162. The van der Waals surface area contributed by atoms with Crippen LogP contribution in [0.2, 0.25) is 0 Å². The normalized spacial score (nSPS) is 10.8. The van der Waals surface area contributed by atoms with Gasteiger partial charge in [-0.1, -0.05) is 30.3 Å². The summed E-state index contributed by atoms with van der Waals surface area (Å²) in [5.41, 5.74) is 1.70. The molecule has 0 aliphatic heterocycles. The topological polar surface area (TPSA) is 52.0 Å². The Morgan fingerprint density at radius 2 is 2.05 bits per heavy atom. The van der Waals surface area contributed by atoms with Crippen LogP contribution in [0.1, 0.15) is 6.92 Å². The second-order valence-electron chi connectivity index (χ2n) is 4.58. The van der Waals surface area contributed by atoms with Crippen LogP contribution in [0.3, 0.4) is 0 Å². The van der Waals surface area contributed by atoms with E-state index in [0.29, 0.717) is 10.2 Å². The number of hydrogen-bond acceptors (Lipinski definition) is 4. The number of carbonyl (C=O) groups excluding carboxylic acids is 1. The number of fused-ring (bicyclic) bond motifs is 1. The Bertz CT molecular complexity index is 834. The molecule has 0 saturated heterocycles. The monoisotopic (exact) mass is 284 g/mol. The molecule has 20 heavy (non-hydrogen) atoms. The lowest BCUT2D eigenvalue weighted by molar-refractivity contribution is -0.117. The van der Waals surface area contributed by atoms with Crippen molar-refractivity contribution in [1.29, 1.82) is 0 Å². The predicted molar refractivity (Wildman–Crippen MR) is 80.0 cm³/mol. The second-order valence-corrected chi connectivity index (χ2v) is 5.43. The van der Waals surface area contributed by atoms with Crippen molar-refractivity contribution in [1.82, 2.24) is 9.55 Å². The van der Waals surface area contributed by atoms with Crippen molar-refractivity contribution in [3.63, 3.8) is 0 Å². The molecule has 0 radical (unpaired) electrons. The summed E-state index contributed by atoms with van der Waals surface area (Å²) in [5.74, 6) is -0.0651. The van der Waals surface area contributed by atoms with Crippen LogP contribution in [0.4, 0.5) is 0 Å². The minimum Gasteiger partial charge on any atom is -0.298 e. The maximum Gasteiger partial charge on any atom is 0.263 e.